The van der Waals surface area contributed by atoms with E-state index in [2.05, 4.69) is 481 Å². The van der Waals surface area contributed by atoms with Crippen molar-refractivity contribution in [2.75, 3.05) is 9.80 Å². The van der Waals surface area contributed by atoms with Crippen molar-refractivity contribution >= 4 is 45.3 Å². The number of hydrogen-bond donors (Lipinski definition) is 0. The van der Waals surface area contributed by atoms with E-state index in [1.807, 2.05) is 0 Å². The molecule has 2 atom stereocenters. The van der Waals surface area contributed by atoms with E-state index < -0.39 is 0 Å². The lowest BCUT2D eigenvalue weighted by Gasteiger charge is -2.37. The molecule has 0 fully saturated rings. The molecule has 0 radical (unpaired) electrons. The van der Waals surface area contributed by atoms with Gasteiger partial charge in [-0.3, -0.25) is 0 Å². The van der Waals surface area contributed by atoms with E-state index in [0.717, 1.165) is 67.5 Å². The van der Waals surface area contributed by atoms with Crippen LogP contribution in [0.15, 0.2) is 404 Å². The van der Waals surface area contributed by atoms with Gasteiger partial charge in [0.25, 0.3) is 0 Å². The monoisotopic (exact) mass is 1640 g/mol. The third-order valence-electron chi connectivity index (χ3n) is 26.7. The van der Waals surface area contributed by atoms with Gasteiger partial charge in [0, 0.05) is 51.2 Å². The molecule has 1 aliphatic carbocycles. The van der Waals surface area contributed by atoms with Gasteiger partial charge in [-0.1, -0.05) is 316 Å². The van der Waals surface area contributed by atoms with Crippen molar-refractivity contribution in [3.05, 3.63) is 466 Å². The molecule has 17 aromatic carbocycles. The van der Waals surface area contributed by atoms with Crippen molar-refractivity contribution in [3.63, 3.8) is 0 Å². The smallest absolute Gasteiger partial charge is 0.248 e. The fourth-order valence-electron chi connectivity index (χ4n) is 21.5. The molecule has 18 aromatic rings. The lowest BCUT2D eigenvalue weighted by Crippen LogP contribution is -2.20. The van der Waals surface area contributed by atoms with Gasteiger partial charge >= 0.3 is 0 Å². The van der Waals surface area contributed by atoms with Gasteiger partial charge in [-0.2, -0.15) is 0 Å². The molecule has 0 saturated heterocycles. The Balaban J connectivity index is 0.762. The van der Waals surface area contributed by atoms with Crippen LogP contribution < -0.4 is 9.80 Å². The standard InChI is InChI=1S/C122H102N4O/c1-77-109(89-43-21-13-22-44-89)81(5)117(82(6)110(77)90-45-23-14-24-46-90)97-59-37-65-103(71-97)125(104-66-38-60-98(72-104)118-83(7)111(91-47-25-15-26-48-91)78(2)112(84(118)8)92-49-27-16-28-50-92)107-69-41-63-101(75-107)121-123-124-122(127-121)102-64-42-70-108(76-102)126(105-67-39-61-99(73-105)119-85(9)113(93-51-29-17-30-52-93)79(3)114(86(119)10)94-53-31-18-32-54-94)106-68-40-62-100(74-106)120-87(11)115(95-55-33-19-34-56-95)80(4)116(88(120)12)96-57-35-20-36-58-96/h13-77,109H,1-12H3. The molecule has 127 heavy (non-hydrogen) atoms. The zero-order valence-electron chi connectivity index (χ0n) is 74.3. The number of allylic oxidation sites excluding steroid dienone is 4. The van der Waals surface area contributed by atoms with Crippen molar-refractivity contribution in [1.82, 2.24) is 10.2 Å². The van der Waals surface area contributed by atoms with E-state index >= 15 is 0 Å². The van der Waals surface area contributed by atoms with Crippen molar-refractivity contribution in [2.45, 2.75) is 89.0 Å². The van der Waals surface area contributed by atoms with Gasteiger partial charge < -0.3 is 14.2 Å². The summed E-state index contributed by atoms with van der Waals surface area (Å²) in [5.41, 5.74) is 49.2. The van der Waals surface area contributed by atoms with Gasteiger partial charge in [-0.15, -0.1) is 10.2 Å². The Labute approximate surface area is 748 Å². The van der Waals surface area contributed by atoms with Gasteiger partial charge in [0.1, 0.15) is 0 Å². The quantitative estimate of drug-likeness (QED) is 0.0761. The third kappa shape index (κ3) is 15.2. The average molecular weight is 1640 g/mol. The van der Waals surface area contributed by atoms with Gasteiger partial charge in [-0.25, -0.2) is 0 Å². The Morgan fingerprint density at radius 1 is 0.213 bits per heavy atom. The molecule has 5 nitrogen and oxygen atoms in total. The minimum absolute atomic E-state index is 0.144. The highest BCUT2D eigenvalue weighted by atomic mass is 16.4. The van der Waals surface area contributed by atoms with Crippen LogP contribution in [0.3, 0.4) is 0 Å². The molecular formula is C122H102N4O. The van der Waals surface area contributed by atoms with E-state index in [4.69, 9.17) is 14.6 Å². The highest BCUT2D eigenvalue weighted by Gasteiger charge is 2.35. The highest BCUT2D eigenvalue weighted by molar-refractivity contribution is 5.99. The third-order valence-corrected chi connectivity index (χ3v) is 26.7. The van der Waals surface area contributed by atoms with Crippen LogP contribution in [0.4, 0.5) is 34.1 Å². The van der Waals surface area contributed by atoms with Crippen molar-refractivity contribution in [2.24, 2.45) is 5.92 Å². The summed E-state index contributed by atoms with van der Waals surface area (Å²) in [6, 6.07) is 141. The molecule has 5 heteroatoms. The second kappa shape index (κ2) is 34.9. The van der Waals surface area contributed by atoms with E-state index in [0.29, 0.717) is 11.8 Å². The maximum absolute atomic E-state index is 7.13. The molecule has 19 rings (SSSR count). The second-order valence-electron chi connectivity index (χ2n) is 34.2. The molecule has 0 spiro atoms. The number of rotatable bonds is 20. The summed E-state index contributed by atoms with van der Waals surface area (Å²) in [6.07, 6.45) is 0. The first kappa shape index (κ1) is 81.6. The molecule has 616 valence electrons. The van der Waals surface area contributed by atoms with Gasteiger partial charge in [0.2, 0.25) is 11.8 Å². The number of hydrogen-bond acceptors (Lipinski definition) is 5. The normalized spacial score (nSPS) is 13.3. The lowest BCUT2D eigenvalue weighted by atomic mass is 9.67. The second-order valence-corrected chi connectivity index (χ2v) is 34.2. The number of anilines is 6. The Morgan fingerprint density at radius 2 is 0.417 bits per heavy atom. The van der Waals surface area contributed by atoms with E-state index in [9.17, 15) is 0 Å². The van der Waals surface area contributed by atoms with Gasteiger partial charge in [0.15, 0.2) is 0 Å². The van der Waals surface area contributed by atoms with Crippen molar-refractivity contribution in [1.29, 1.82) is 0 Å². The van der Waals surface area contributed by atoms with E-state index in [1.165, 1.54) is 167 Å². The summed E-state index contributed by atoms with van der Waals surface area (Å²) in [5.74, 6) is 1.16. The number of aromatic nitrogens is 2. The molecule has 0 N–H and O–H groups in total. The van der Waals surface area contributed by atoms with E-state index in [1.54, 1.807) is 0 Å². The van der Waals surface area contributed by atoms with Crippen LogP contribution in [-0.4, -0.2) is 10.2 Å². The fourth-order valence-corrected chi connectivity index (χ4v) is 21.5. The molecular weight excluding hydrogens is 1540 g/mol. The summed E-state index contributed by atoms with van der Waals surface area (Å²) in [7, 11) is 0. The van der Waals surface area contributed by atoms with Crippen LogP contribution in [0.5, 0.6) is 0 Å². The molecule has 1 aliphatic rings. The van der Waals surface area contributed by atoms with Crippen LogP contribution >= 0.6 is 0 Å². The Hall–Kier alpha value is -15.0. The maximum atomic E-state index is 7.13. The molecule has 0 saturated carbocycles. The summed E-state index contributed by atoms with van der Waals surface area (Å²) in [4.78, 5) is 4.82. The first-order chi connectivity index (χ1) is 62.1. The van der Waals surface area contributed by atoms with Crippen molar-refractivity contribution < 1.29 is 4.42 Å². The Morgan fingerprint density at radius 3 is 0.685 bits per heavy atom. The predicted octanol–water partition coefficient (Wildman–Crippen LogP) is 33.8. The number of benzene rings is 17. The molecule has 0 bridgehead atoms. The fraction of sp³-hybridized carbons (Fsp3) is 0.115. The van der Waals surface area contributed by atoms with E-state index in [-0.39, 0.29) is 11.8 Å². The van der Waals surface area contributed by atoms with Gasteiger partial charge in [-0.05, 0) is 351 Å². The first-order valence-corrected chi connectivity index (χ1v) is 44.4. The molecule has 2 unspecified atom stereocenters. The topological polar surface area (TPSA) is 45.4 Å². The summed E-state index contributed by atoms with van der Waals surface area (Å²) < 4.78 is 7.13. The molecule has 0 amide bonds. The van der Waals surface area contributed by atoms with Crippen LogP contribution in [0.2, 0.25) is 0 Å². The minimum Gasteiger partial charge on any atom is -0.416 e. The number of nitrogens with zero attached hydrogens (tertiary/aromatic N) is 4. The molecule has 1 heterocycles. The van der Waals surface area contributed by atoms with Crippen LogP contribution in [0.1, 0.15) is 93.5 Å². The average Bonchev–Trinajstić information content (AvgIpc) is 1.30. The summed E-state index contributed by atoms with van der Waals surface area (Å²) in [5, 5.41) is 10.00. The highest BCUT2D eigenvalue weighted by Crippen LogP contribution is 2.55. The summed E-state index contributed by atoms with van der Waals surface area (Å²) >= 11 is 0. The largest absolute Gasteiger partial charge is 0.416 e. The van der Waals surface area contributed by atoms with Crippen LogP contribution in [0, 0.1) is 68.2 Å². The summed E-state index contributed by atoms with van der Waals surface area (Å²) in [6.45, 7) is 27.8. The lowest BCUT2D eigenvalue weighted by molar-refractivity contribution is 0.584. The van der Waals surface area contributed by atoms with Crippen LogP contribution in [0.25, 0.3) is 134 Å². The Kier molecular flexibility index (Phi) is 22.5. The SMILES string of the molecule is CC1=C(c2ccccc2)C(C)C(c2ccccc2)C(C)=C1c1cccc(N(c2cccc(-c3nnc(-c4cccc(N(c5cccc(-c6c(C)c(-c7ccccc7)c(C)c(-c7ccccc7)c6C)c5)c5cccc(-c6c(C)c(-c7ccccc7)c(C)c(-c7ccccc7)c6C)c5)c4)o3)c2)c2cccc(-c3c(C)c(-c4ccccc4)c(C)c(-c4ccccc4)c3C)c2)c1. The minimum atomic E-state index is 0.144. The zero-order chi connectivity index (χ0) is 87.1. The Bertz CT molecular complexity index is 6840. The molecule has 1 aromatic heterocycles. The zero-order valence-corrected chi connectivity index (χ0v) is 74.3. The maximum Gasteiger partial charge on any atom is 0.248 e. The predicted molar refractivity (Wildman–Crippen MR) is 536 cm³/mol. The van der Waals surface area contributed by atoms with Gasteiger partial charge in [0.05, 0.1) is 0 Å². The van der Waals surface area contributed by atoms with Crippen LogP contribution in [-0.2, 0) is 0 Å². The van der Waals surface area contributed by atoms with Crippen molar-refractivity contribution in [3.8, 4) is 123 Å². The first-order valence-electron chi connectivity index (χ1n) is 44.4. The molecule has 0 aliphatic heterocycles.